The van der Waals surface area contributed by atoms with Crippen molar-refractivity contribution in [1.29, 1.82) is 0 Å². The van der Waals surface area contributed by atoms with E-state index in [2.05, 4.69) is 18.7 Å². The molecule has 3 aliphatic rings. The van der Waals surface area contributed by atoms with Crippen LogP contribution in [0.5, 0.6) is 0 Å². The highest BCUT2D eigenvalue weighted by Gasteiger charge is 2.44. The minimum absolute atomic E-state index is 0.0501. The fraction of sp³-hybridized carbons (Fsp3) is 0.731. The van der Waals surface area contributed by atoms with Crippen LogP contribution >= 0.6 is 0 Å². The molecule has 196 valence electrons. The van der Waals surface area contributed by atoms with E-state index >= 15 is 0 Å². The molecule has 0 N–H and O–H groups in total. The number of sulfonamides is 1. The fourth-order valence-corrected chi connectivity index (χ4v) is 7.85. The number of carbonyl (C=O) groups is 1. The average Bonchev–Trinajstić information content (AvgIpc) is 3.28. The van der Waals surface area contributed by atoms with Crippen molar-refractivity contribution in [2.45, 2.75) is 102 Å². The van der Waals surface area contributed by atoms with Crippen molar-refractivity contribution in [3.8, 4) is 0 Å². The molecule has 1 aromatic rings. The number of aryl methyl sites for hydroxylation is 1. The molecule has 3 saturated heterocycles. The summed E-state index contributed by atoms with van der Waals surface area (Å²) >= 11 is 0. The zero-order valence-corrected chi connectivity index (χ0v) is 22.8. The number of hydrogen-bond donors (Lipinski definition) is 0. The highest BCUT2D eigenvalue weighted by atomic mass is 32.2. The SMILES string of the molecule is Cc1ccc(S(=O)(=O)N2CCC[C@H]2C(=O)N(C)C2CC(C)OC(C)C2)c(N2[C@@H](C)COC[C@@H]2C)c1. The zero-order chi connectivity index (χ0) is 25.5. The van der Waals surface area contributed by atoms with Gasteiger partial charge >= 0.3 is 0 Å². The summed E-state index contributed by atoms with van der Waals surface area (Å²) in [4.78, 5) is 17.9. The van der Waals surface area contributed by atoms with E-state index in [4.69, 9.17) is 9.47 Å². The molecule has 0 saturated carbocycles. The fourth-order valence-electron chi connectivity index (χ4n) is 6.03. The molecule has 9 heteroatoms. The van der Waals surface area contributed by atoms with Crippen molar-refractivity contribution in [3.05, 3.63) is 23.8 Å². The molecule has 5 atom stereocenters. The number of hydrogen-bond acceptors (Lipinski definition) is 6. The summed E-state index contributed by atoms with van der Waals surface area (Å²) in [5.41, 5.74) is 1.70. The van der Waals surface area contributed by atoms with Gasteiger partial charge in [-0.2, -0.15) is 4.31 Å². The molecule has 35 heavy (non-hydrogen) atoms. The summed E-state index contributed by atoms with van der Waals surface area (Å²) in [6.07, 6.45) is 2.91. The Morgan fingerprint density at radius 3 is 2.31 bits per heavy atom. The number of rotatable bonds is 5. The van der Waals surface area contributed by atoms with Crippen LogP contribution < -0.4 is 4.90 Å². The third kappa shape index (κ3) is 5.24. The van der Waals surface area contributed by atoms with Crippen LogP contribution in [0, 0.1) is 6.92 Å². The first-order valence-corrected chi connectivity index (χ1v) is 14.4. The van der Waals surface area contributed by atoms with Crippen LogP contribution in [0.1, 0.15) is 58.9 Å². The quantitative estimate of drug-likeness (QED) is 0.609. The van der Waals surface area contributed by atoms with Crippen LogP contribution in [0.3, 0.4) is 0 Å². The van der Waals surface area contributed by atoms with Crippen molar-refractivity contribution in [1.82, 2.24) is 9.21 Å². The van der Waals surface area contributed by atoms with Gasteiger partial charge in [0.05, 0.1) is 31.1 Å². The van der Waals surface area contributed by atoms with Gasteiger partial charge in [-0.05, 0) is 78.0 Å². The largest absolute Gasteiger partial charge is 0.377 e. The van der Waals surface area contributed by atoms with Gasteiger partial charge in [0.2, 0.25) is 15.9 Å². The smallest absolute Gasteiger partial charge is 0.245 e. The maximum Gasteiger partial charge on any atom is 0.245 e. The van der Waals surface area contributed by atoms with Gasteiger partial charge in [-0.15, -0.1) is 0 Å². The predicted molar refractivity (Wildman–Crippen MR) is 136 cm³/mol. The van der Waals surface area contributed by atoms with Gasteiger partial charge in [-0.1, -0.05) is 6.07 Å². The molecule has 1 amide bonds. The summed E-state index contributed by atoms with van der Waals surface area (Å²) in [6, 6.07) is 4.98. The number of anilines is 1. The van der Waals surface area contributed by atoms with E-state index in [1.807, 2.05) is 40.0 Å². The van der Waals surface area contributed by atoms with Gasteiger partial charge in [0.1, 0.15) is 10.9 Å². The Bertz CT molecular complexity index is 1010. The molecule has 8 nitrogen and oxygen atoms in total. The lowest BCUT2D eigenvalue weighted by Crippen LogP contribution is -2.53. The monoisotopic (exact) mass is 507 g/mol. The summed E-state index contributed by atoms with van der Waals surface area (Å²) in [5.74, 6) is -0.112. The number of benzene rings is 1. The van der Waals surface area contributed by atoms with Crippen LogP contribution in [0.2, 0.25) is 0 Å². The standard InChI is InChI=1S/C26H41N3O5S/c1-17-9-10-25(24(12-17)29-18(2)15-33-16-19(29)3)35(31,32)28-11-7-8-23(28)26(30)27(6)22-13-20(4)34-21(5)14-22/h9-10,12,18-23H,7-8,11,13-16H2,1-6H3/t18-,19-,20?,21?,22?,23-/m0/s1. The van der Waals surface area contributed by atoms with Gasteiger partial charge < -0.3 is 19.3 Å². The molecule has 4 rings (SSSR count). The summed E-state index contributed by atoms with van der Waals surface area (Å²) in [5, 5.41) is 0. The maximum atomic E-state index is 14.1. The third-order valence-electron chi connectivity index (χ3n) is 7.70. The number of amides is 1. The van der Waals surface area contributed by atoms with Gasteiger partial charge in [0.25, 0.3) is 0 Å². The minimum atomic E-state index is -3.88. The second-order valence-corrected chi connectivity index (χ2v) is 12.6. The number of ether oxygens (including phenoxy) is 2. The Balaban J connectivity index is 1.64. The van der Waals surface area contributed by atoms with Crippen molar-refractivity contribution >= 4 is 21.6 Å². The van der Waals surface area contributed by atoms with E-state index in [1.165, 1.54) is 4.31 Å². The van der Waals surface area contributed by atoms with Crippen LogP contribution in [0.15, 0.2) is 23.1 Å². The molecule has 0 radical (unpaired) electrons. The van der Waals surface area contributed by atoms with E-state index in [-0.39, 0.29) is 41.1 Å². The lowest BCUT2D eigenvalue weighted by atomic mass is 9.98. The molecule has 0 aromatic heterocycles. The highest BCUT2D eigenvalue weighted by molar-refractivity contribution is 7.89. The molecule has 2 unspecified atom stereocenters. The number of morpholine rings is 1. The molecular weight excluding hydrogens is 466 g/mol. The van der Waals surface area contributed by atoms with Crippen molar-refractivity contribution in [2.75, 3.05) is 31.7 Å². The normalized spacial score (nSPS) is 32.6. The minimum Gasteiger partial charge on any atom is -0.377 e. The number of likely N-dealkylation sites (N-methyl/N-ethyl adjacent to an activating group) is 1. The first kappa shape index (κ1) is 26.4. The van der Waals surface area contributed by atoms with Crippen molar-refractivity contribution in [2.24, 2.45) is 0 Å². The second kappa shape index (κ2) is 10.4. The lowest BCUT2D eigenvalue weighted by Gasteiger charge is -2.42. The van der Waals surface area contributed by atoms with Crippen molar-refractivity contribution in [3.63, 3.8) is 0 Å². The summed E-state index contributed by atoms with van der Waals surface area (Å²) < 4.78 is 41.2. The third-order valence-corrected chi connectivity index (χ3v) is 9.66. The zero-order valence-electron chi connectivity index (χ0n) is 21.9. The Morgan fingerprint density at radius 2 is 1.69 bits per heavy atom. The molecule has 3 fully saturated rings. The first-order valence-electron chi connectivity index (χ1n) is 12.9. The molecule has 0 aliphatic carbocycles. The number of carbonyl (C=O) groups excluding carboxylic acids is 1. The van der Waals surface area contributed by atoms with Crippen LogP contribution in [-0.4, -0.2) is 86.7 Å². The Labute approximate surface area is 210 Å². The summed E-state index contributed by atoms with van der Waals surface area (Å²) in [6.45, 7) is 11.6. The average molecular weight is 508 g/mol. The topological polar surface area (TPSA) is 79.4 Å². The Hall–Kier alpha value is -1.68. The molecule has 0 spiro atoms. The molecule has 3 aliphatic heterocycles. The van der Waals surface area contributed by atoms with Gasteiger partial charge in [-0.3, -0.25) is 4.79 Å². The molecule has 1 aromatic carbocycles. The van der Waals surface area contributed by atoms with E-state index < -0.39 is 16.1 Å². The number of nitrogens with zero attached hydrogens (tertiary/aromatic N) is 3. The van der Waals surface area contributed by atoms with Crippen molar-refractivity contribution < 1.29 is 22.7 Å². The van der Waals surface area contributed by atoms with E-state index in [0.29, 0.717) is 38.3 Å². The molecule has 3 heterocycles. The van der Waals surface area contributed by atoms with E-state index in [9.17, 15) is 13.2 Å². The molecular formula is C26H41N3O5S. The van der Waals surface area contributed by atoms with Gasteiger partial charge in [0, 0.05) is 31.7 Å². The summed E-state index contributed by atoms with van der Waals surface area (Å²) in [7, 11) is -2.07. The van der Waals surface area contributed by atoms with Gasteiger partial charge in [-0.25, -0.2) is 8.42 Å². The van der Waals surface area contributed by atoms with Gasteiger partial charge in [0.15, 0.2) is 0 Å². The van der Waals surface area contributed by atoms with Crippen LogP contribution in [-0.2, 0) is 24.3 Å². The lowest BCUT2D eigenvalue weighted by molar-refractivity contribution is -0.140. The Morgan fingerprint density at radius 1 is 1.06 bits per heavy atom. The van der Waals surface area contributed by atoms with E-state index in [0.717, 1.165) is 18.4 Å². The van der Waals surface area contributed by atoms with E-state index in [1.54, 1.807) is 11.0 Å². The first-order chi connectivity index (χ1) is 16.5. The second-order valence-electron chi connectivity index (χ2n) is 10.7. The Kier molecular flexibility index (Phi) is 7.81. The van der Waals surface area contributed by atoms with Crippen LogP contribution in [0.4, 0.5) is 5.69 Å². The maximum absolute atomic E-state index is 14.1. The van der Waals surface area contributed by atoms with Crippen LogP contribution in [0.25, 0.3) is 0 Å². The highest BCUT2D eigenvalue weighted by Crippen LogP contribution is 2.36. The molecule has 0 bridgehead atoms. The predicted octanol–water partition coefficient (Wildman–Crippen LogP) is 3.18.